The van der Waals surface area contributed by atoms with Crippen molar-refractivity contribution in [2.75, 3.05) is 13.2 Å². The Morgan fingerprint density at radius 3 is 2.82 bits per heavy atom. The van der Waals surface area contributed by atoms with Crippen molar-refractivity contribution >= 4 is 5.91 Å². The van der Waals surface area contributed by atoms with E-state index < -0.39 is 6.04 Å². The minimum absolute atomic E-state index is 0.0984. The Morgan fingerprint density at radius 1 is 1.82 bits per heavy atom. The van der Waals surface area contributed by atoms with Crippen LogP contribution in [0, 0.1) is 5.92 Å². The standard InChI is InChI=1S/C7H14N2O2/c1-5(2)3-9-7(10)6(8)4-11-9/h5-6H,3-4,8H2,1-2H3. The van der Waals surface area contributed by atoms with Crippen LogP contribution in [0.5, 0.6) is 0 Å². The predicted octanol–water partition coefficient (Wildman–Crippen LogP) is -0.256. The Morgan fingerprint density at radius 2 is 2.45 bits per heavy atom. The Hall–Kier alpha value is -0.610. The first-order valence-electron chi connectivity index (χ1n) is 3.81. The van der Waals surface area contributed by atoms with Gasteiger partial charge in [0.05, 0.1) is 13.2 Å². The zero-order chi connectivity index (χ0) is 8.43. The van der Waals surface area contributed by atoms with Gasteiger partial charge in [0.25, 0.3) is 5.91 Å². The summed E-state index contributed by atoms with van der Waals surface area (Å²) in [5.41, 5.74) is 5.43. The number of carbonyl (C=O) groups excluding carboxylic acids is 1. The van der Waals surface area contributed by atoms with Gasteiger partial charge in [-0.25, -0.2) is 5.06 Å². The second-order valence-corrected chi connectivity index (χ2v) is 3.20. The Balaban J connectivity index is 2.42. The lowest BCUT2D eigenvalue weighted by Crippen LogP contribution is -2.36. The van der Waals surface area contributed by atoms with Crippen LogP contribution < -0.4 is 5.73 Å². The molecule has 1 aliphatic heterocycles. The van der Waals surface area contributed by atoms with Crippen LogP contribution in [0.4, 0.5) is 0 Å². The van der Waals surface area contributed by atoms with E-state index in [4.69, 9.17) is 10.6 Å². The molecule has 1 atom stereocenters. The third-order valence-corrected chi connectivity index (χ3v) is 1.50. The lowest BCUT2D eigenvalue weighted by atomic mass is 10.2. The van der Waals surface area contributed by atoms with Gasteiger partial charge in [-0.1, -0.05) is 13.8 Å². The quantitative estimate of drug-likeness (QED) is 0.602. The maximum Gasteiger partial charge on any atom is 0.265 e. The monoisotopic (exact) mass is 158 g/mol. The van der Waals surface area contributed by atoms with Crippen molar-refractivity contribution in [1.82, 2.24) is 5.06 Å². The van der Waals surface area contributed by atoms with Crippen molar-refractivity contribution in [2.45, 2.75) is 19.9 Å². The summed E-state index contributed by atoms with van der Waals surface area (Å²) < 4.78 is 0. The van der Waals surface area contributed by atoms with Crippen molar-refractivity contribution in [2.24, 2.45) is 11.7 Å². The van der Waals surface area contributed by atoms with E-state index in [-0.39, 0.29) is 5.91 Å². The zero-order valence-electron chi connectivity index (χ0n) is 6.91. The average Bonchev–Trinajstić information content (AvgIpc) is 2.18. The van der Waals surface area contributed by atoms with Gasteiger partial charge in [-0.15, -0.1) is 0 Å². The minimum Gasteiger partial charge on any atom is -0.318 e. The fraction of sp³-hybridized carbons (Fsp3) is 0.857. The first-order chi connectivity index (χ1) is 5.11. The van der Waals surface area contributed by atoms with Crippen LogP contribution in [0.15, 0.2) is 0 Å². The second kappa shape index (κ2) is 3.19. The topological polar surface area (TPSA) is 55.6 Å². The molecule has 0 aliphatic carbocycles. The van der Waals surface area contributed by atoms with Crippen LogP contribution in [0.3, 0.4) is 0 Å². The molecule has 1 aliphatic rings. The van der Waals surface area contributed by atoms with E-state index in [1.165, 1.54) is 5.06 Å². The number of amides is 1. The van der Waals surface area contributed by atoms with Gasteiger partial charge in [0.2, 0.25) is 0 Å². The third-order valence-electron chi connectivity index (χ3n) is 1.50. The summed E-state index contributed by atoms with van der Waals surface area (Å²) in [7, 11) is 0. The Bertz CT molecular complexity index is 159. The predicted molar refractivity (Wildman–Crippen MR) is 40.5 cm³/mol. The van der Waals surface area contributed by atoms with Gasteiger partial charge < -0.3 is 5.73 Å². The molecule has 4 nitrogen and oxygen atoms in total. The highest BCUT2D eigenvalue weighted by atomic mass is 16.7. The number of carbonyl (C=O) groups is 1. The van der Waals surface area contributed by atoms with Crippen LogP contribution in [0.25, 0.3) is 0 Å². The third kappa shape index (κ3) is 1.91. The van der Waals surface area contributed by atoms with E-state index in [0.717, 1.165) is 0 Å². The van der Waals surface area contributed by atoms with E-state index in [9.17, 15) is 4.79 Å². The smallest absolute Gasteiger partial charge is 0.265 e. The number of nitrogens with two attached hydrogens (primary N) is 1. The largest absolute Gasteiger partial charge is 0.318 e. The normalized spacial score (nSPS) is 25.3. The summed E-state index contributed by atoms with van der Waals surface area (Å²) in [6, 6.07) is -0.450. The molecule has 0 aromatic heterocycles. The molecule has 1 heterocycles. The van der Waals surface area contributed by atoms with Gasteiger partial charge in [-0.2, -0.15) is 0 Å². The molecule has 0 spiro atoms. The number of hydrogen-bond donors (Lipinski definition) is 1. The lowest BCUT2D eigenvalue weighted by Gasteiger charge is -2.15. The van der Waals surface area contributed by atoms with Crippen molar-refractivity contribution < 1.29 is 9.63 Å². The molecule has 0 saturated carbocycles. The summed E-state index contributed by atoms with van der Waals surface area (Å²) >= 11 is 0. The van der Waals surface area contributed by atoms with Gasteiger partial charge in [-0.3, -0.25) is 9.63 Å². The molecule has 1 rings (SSSR count). The van der Waals surface area contributed by atoms with Crippen molar-refractivity contribution in [1.29, 1.82) is 0 Å². The summed E-state index contributed by atoms with van der Waals surface area (Å²) in [5, 5.41) is 1.36. The molecular formula is C7H14N2O2. The van der Waals surface area contributed by atoms with Crippen LogP contribution in [-0.2, 0) is 9.63 Å². The fourth-order valence-corrected chi connectivity index (χ4v) is 0.964. The highest BCUT2D eigenvalue weighted by molar-refractivity contribution is 5.82. The van der Waals surface area contributed by atoms with Crippen LogP contribution in [0.1, 0.15) is 13.8 Å². The molecule has 11 heavy (non-hydrogen) atoms. The molecule has 0 radical (unpaired) electrons. The van der Waals surface area contributed by atoms with Crippen molar-refractivity contribution in [3.8, 4) is 0 Å². The molecule has 1 saturated heterocycles. The molecular weight excluding hydrogens is 144 g/mol. The molecule has 1 fully saturated rings. The highest BCUT2D eigenvalue weighted by Gasteiger charge is 2.29. The molecule has 0 aromatic rings. The lowest BCUT2D eigenvalue weighted by molar-refractivity contribution is -0.163. The first-order valence-corrected chi connectivity index (χ1v) is 3.81. The SMILES string of the molecule is CC(C)CN1OCC(N)C1=O. The number of hydroxylamine groups is 2. The Kier molecular flexibility index (Phi) is 2.46. The molecule has 1 amide bonds. The second-order valence-electron chi connectivity index (χ2n) is 3.20. The maximum absolute atomic E-state index is 11.1. The number of hydrogen-bond acceptors (Lipinski definition) is 3. The van der Waals surface area contributed by atoms with E-state index >= 15 is 0 Å². The molecule has 0 aromatic carbocycles. The summed E-state index contributed by atoms with van der Waals surface area (Å²) in [4.78, 5) is 16.2. The van der Waals surface area contributed by atoms with Crippen LogP contribution in [0.2, 0.25) is 0 Å². The van der Waals surface area contributed by atoms with E-state index in [1.54, 1.807) is 0 Å². The van der Waals surface area contributed by atoms with Gasteiger partial charge in [0.1, 0.15) is 6.04 Å². The zero-order valence-corrected chi connectivity index (χ0v) is 6.91. The van der Waals surface area contributed by atoms with Gasteiger partial charge in [-0.05, 0) is 5.92 Å². The molecule has 64 valence electrons. The van der Waals surface area contributed by atoms with E-state index in [1.807, 2.05) is 13.8 Å². The van der Waals surface area contributed by atoms with Crippen molar-refractivity contribution in [3.63, 3.8) is 0 Å². The summed E-state index contributed by atoms with van der Waals surface area (Å²) in [6.07, 6.45) is 0. The highest BCUT2D eigenvalue weighted by Crippen LogP contribution is 2.08. The van der Waals surface area contributed by atoms with E-state index in [0.29, 0.717) is 19.1 Å². The summed E-state index contributed by atoms with van der Waals surface area (Å²) in [6.45, 7) is 5.01. The van der Waals surface area contributed by atoms with Crippen LogP contribution >= 0.6 is 0 Å². The Labute approximate surface area is 66.3 Å². The summed E-state index contributed by atoms with van der Waals surface area (Å²) in [5.74, 6) is 0.322. The fourth-order valence-electron chi connectivity index (χ4n) is 0.964. The maximum atomic E-state index is 11.1. The minimum atomic E-state index is -0.450. The molecule has 2 N–H and O–H groups in total. The van der Waals surface area contributed by atoms with Crippen LogP contribution in [-0.4, -0.2) is 30.2 Å². The molecule has 0 bridgehead atoms. The van der Waals surface area contributed by atoms with Gasteiger partial charge >= 0.3 is 0 Å². The van der Waals surface area contributed by atoms with E-state index in [2.05, 4.69) is 0 Å². The van der Waals surface area contributed by atoms with Gasteiger partial charge in [0, 0.05) is 0 Å². The molecule has 1 unspecified atom stereocenters. The average molecular weight is 158 g/mol. The van der Waals surface area contributed by atoms with Crippen molar-refractivity contribution in [3.05, 3.63) is 0 Å². The number of rotatable bonds is 2. The first kappa shape index (κ1) is 8.49. The number of nitrogens with zero attached hydrogens (tertiary/aromatic N) is 1. The van der Waals surface area contributed by atoms with Gasteiger partial charge in [0.15, 0.2) is 0 Å². The molecule has 4 heteroatoms.